The molecule has 6 aliphatic rings. The van der Waals surface area contributed by atoms with Crippen LogP contribution in [0.1, 0.15) is 310 Å². The summed E-state index contributed by atoms with van der Waals surface area (Å²) >= 11 is 2.85. The highest BCUT2D eigenvalue weighted by molar-refractivity contribution is 7.10. The van der Waals surface area contributed by atoms with Gasteiger partial charge in [-0.15, -0.1) is 22.7 Å². The SMILES string of the molecule is C.CC[C@@H](C)C(=O)N[C@H](C(=O)N1CCC[C@H]1c1nc(C(=O)c2ccc(OC(C)(C)C)cc2)cs1)C1CCCCC1.CN[C@@H](C)C(=O)N[C@H](C(=O)N1CCC[C@H]1c1nc(C(=O)c2cccc(OC(C)(C)C)c2)cs1)C1CCCCC1.CN[C@@H](C)C(=O)N[C@H](C(=O)N1Cc2cc(OC(C)(C)C)ccc2C[C@H]1C(=O)N[C@@H]1CCCc2ccccc21)C(C)(C)C. The zero-order valence-electron chi connectivity index (χ0n) is 74.3. The molecule has 0 radical (unpaired) electrons. The summed E-state index contributed by atoms with van der Waals surface area (Å²) in [5.41, 5.74) is 4.58. The van der Waals surface area contributed by atoms with Crippen LogP contribution in [0.15, 0.2) is 102 Å². The molecule has 0 bridgehead atoms. The Bertz CT molecular complexity index is 4520. The minimum Gasteiger partial charge on any atom is -0.488 e. The molecule has 4 aromatic carbocycles. The van der Waals surface area contributed by atoms with Crippen LogP contribution in [0.3, 0.4) is 0 Å². The Hall–Kier alpha value is -8.91. The van der Waals surface area contributed by atoms with E-state index in [1.165, 1.54) is 41.1 Å². The highest BCUT2D eigenvalue weighted by Crippen LogP contribution is 2.41. The monoisotopic (exact) mass is 1700 g/mol. The van der Waals surface area contributed by atoms with Crippen LogP contribution >= 0.6 is 22.7 Å². The lowest BCUT2D eigenvalue weighted by molar-refractivity contribution is -0.147. The molecule has 7 amide bonds. The Labute approximate surface area is 727 Å². The molecule has 0 unspecified atom stereocenters. The van der Waals surface area contributed by atoms with E-state index in [1.807, 2.05) is 161 Å². The Morgan fingerprint density at radius 2 is 0.975 bits per heavy atom. The number of nitrogens with zero attached hydrogens (tertiary/aromatic N) is 5. The number of aromatic nitrogens is 2. The van der Waals surface area contributed by atoms with Gasteiger partial charge in [0.2, 0.25) is 52.9 Å². The minimum atomic E-state index is -0.818. The molecular formula is C96H137N11O12S2. The van der Waals surface area contributed by atoms with Crippen LogP contribution in [0.2, 0.25) is 0 Å². The maximum atomic E-state index is 14.4. The lowest BCUT2D eigenvalue weighted by Gasteiger charge is -2.42. The van der Waals surface area contributed by atoms with Crippen molar-refractivity contribution in [1.82, 2.24) is 56.6 Å². The molecule has 2 saturated carbocycles. The number of hydrogen-bond donors (Lipinski definition) is 6. The number of ether oxygens (including phenoxy) is 3. The topological polar surface area (TPSA) is 289 Å². The lowest BCUT2D eigenvalue weighted by atomic mass is 9.83. The van der Waals surface area contributed by atoms with E-state index in [1.54, 1.807) is 67.9 Å². The molecule has 6 aromatic rings. The van der Waals surface area contributed by atoms with Gasteiger partial charge >= 0.3 is 0 Å². The Kier molecular flexibility index (Phi) is 33.7. The fourth-order valence-electron chi connectivity index (χ4n) is 16.8. The average Bonchev–Trinajstić information content (AvgIpc) is 1.76. The number of benzene rings is 4. The van der Waals surface area contributed by atoms with Gasteiger partial charge in [-0.3, -0.25) is 43.2 Å². The van der Waals surface area contributed by atoms with Gasteiger partial charge < -0.3 is 60.8 Å². The van der Waals surface area contributed by atoms with E-state index >= 15 is 0 Å². The molecule has 2 saturated heterocycles. The number of thiazole rings is 2. The van der Waals surface area contributed by atoms with Crippen LogP contribution in [0.5, 0.6) is 17.2 Å². The molecule has 0 spiro atoms. The summed E-state index contributed by atoms with van der Waals surface area (Å²) in [7, 11) is 3.45. The van der Waals surface area contributed by atoms with Gasteiger partial charge in [-0.05, 0) is 255 Å². The zero-order valence-corrected chi connectivity index (χ0v) is 75.9. The lowest BCUT2D eigenvalue weighted by Crippen LogP contribution is -2.62. The van der Waals surface area contributed by atoms with E-state index in [4.69, 9.17) is 24.2 Å². The van der Waals surface area contributed by atoms with Crippen molar-refractivity contribution < 1.29 is 57.4 Å². The largest absolute Gasteiger partial charge is 0.488 e. The van der Waals surface area contributed by atoms with Crippen molar-refractivity contribution in [1.29, 1.82) is 0 Å². The normalized spacial score (nSPS) is 19.8. The number of amides is 7. The van der Waals surface area contributed by atoms with Crippen LogP contribution < -0.4 is 46.1 Å². The summed E-state index contributed by atoms with van der Waals surface area (Å²) in [5.74, 6) is 1.01. The molecule has 660 valence electrons. The molecule has 25 heteroatoms. The number of likely N-dealkylation sites (tertiary alicyclic amines) is 2. The number of hydrogen-bond acceptors (Lipinski definition) is 18. The molecule has 3 aliphatic heterocycles. The highest BCUT2D eigenvalue weighted by Gasteiger charge is 2.46. The maximum Gasteiger partial charge on any atom is 0.246 e. The summed E-state index contributed by atoms with van der Waals surface area (Å²) in [6.07, 6.45) is 17.8. The molecule has 4 fully saturated rings. The van der Waals surface area contributed by atoms with Gasteiger partial charge in [0.15, 0.2) is 0 Å². The van der Waals surface area contributed by atoms with Crippen molar-refractivity contribution in [2.24, 2.45) is 23.2 Å². The zero-order chi connectivity index (χ0) is 87.1. The molecule has 3 aliphatic carbocycles. The van der Waals surface area contributed by atoms with Crippen LogP contribution in [0.25, 0.3) is 0 Å². The number of fused-ring (bicyclic) bond motifs is 2. The van der Waals surface area contributed by atoms with E-state index in [0.717, 1.165) is 135 Å². The molecule has 23 nitrogen and oxygen atoms in total. The second-order valence-corrected chi connectivity index (χ2v) is 39.3. The van der Waals surface area contributed by atoms with Gasteiger partial charge in [0, 0.05) is 53.9 Å². The van der Waals surface area contributed by atoms with Gasteiger partial charge in [-0.1, -0.05) is 123 Å². The fraction of sp³-hybridized carbons (Fsp3) is 0.594. The van der Waals surface area contributed by atoms with Crippen LogP contribution in [0.4, 0.5) is 0 Å². The maximum absolute atomic E-state index is 14.4. The van der Waals surface area contributed by atoms with Crippen molar-refractivity contribution >= 4 is 75.6 Å². The molecule has 5 heterocycles. The van der Waals surface area contributed by atoms with Gasteiger partial charge in [-0.25, -0.2) is 9.97 Å². The van der Waals surface area contributed by atoms with Crippen molar-refractivity contribution in [2.75, 3.05) is 27.2 Å². The van der Waals surface area contributed by atoms with Gasteiger partial charge in [-0.2, -0.15) is 0 Å². The van der Waals surface area contributed by atoms with Crippen molar-refractivity contribution in [2.45, 2.75) is 318 Å². The minimum absolute atomic E-state index is 0. The smallest absolute Gasteiger partial charge is 0.246 e. The third kappa shape index (κ3) is 25.9. The molecule has 6 N–H and O–H groups in total. The molecule has 12 rings (SSSR count). The number of rotatable bonds is 25. The first-order valence-electron chi connectivity index (χ1n) is 43.8. The summed E-state index contributed by atoms with van der Waals surface area (Å²) in [6, 6.07) is 24.6. The third-order valence-corrected chi connectivity index (χ3v) is 25.6. The Morgan fingerprint density at radius 3 is 1.49 bits per heavy atom. The first kappa shape index (κ1) is 95.9. The number of carbonyl (C=O) groups excluding carboxylic acids is 9. The first-order chi connectivity index (χ1) is 56.8. The highest BCUT2D eigenvalue weighted by atomic mass is 32.1. The summed E-state index contributed by atoms with van der Waals surface area (Å²) in [5, 5.41) is 23.5. The fourth-order valence-corrected chi connectivity index (χ4v) is 18.7. The number of nitrogens with one attached hydrogen (secondary N) is 6. The Balaban J connectivity index is 0.000000206. The molecule has 10 atom stereocenters. The van der Waals surface area contributed by atoms with E-state index in [0.29, 0.717) is 53.5 Å². The van der Waals surface area contributed by atoms with E-state index < -0.39 is 35.6 Å². The van der Waals surface area contributed by atoms with E-state index in [2.05, 4.69) is 44.0 Å². The van der Waals surface area contributed by atoms with Gasteiger partial charge in [0.05, 0.1) is 30.2 Å². The van der Waals surface area contributed by atoms with Crippen molar-refractivity contribution in [3.8, 4) is 17.2 Å². The standard InChI is InChI=1S/C34H48N4O4.C31H43N3O4S.C30H42N4O4S.CH4/c1-21(35-8)30(39)37-29(33(2,3)4)32(41)38-20-24-18-25(42-34(5,6)7)17-16-23(24)19-28(38)31(40)36-27-15-11-13-22-12-9-10-14-26(22)27;1-6-20(2)28(36)33-26(21-11-8-7-9-12-21)30(37)34-18-10-13-25(34)29-32-24(19-39-29)27(35)22-14-16-23(17-15-22)38-31(3,4)5;1-19(31-5)27(36)33-25(20-11-7-6-8-12-20)29(37)34-16-10-15-24(34)28-32-23(18-39-28)26(35)21-13-9-14-22(17-21)38-30(2,3)4;/h9-10,12,14,16-18,21,27-29,35H,11,13,15,19-20H2,1-8H3,(H,36,40)(H,37,39);14-17,19-21,25-26H,6-13,18H2,1-5H3,(H,33,36);9,13-14,17-20,24-25,31H,6-8,10-12,15-16H2,1-5H3,(H,33,36);1H4/t21-,27+,28-,29+;20-,25+,26+;19-,24-,25-;/m010./s1. The van der Waals surface area contributed by atoms with Gasteiger partial charge in [0.25, 0.3) is 0 Å². The predicted molar refractivity (Wildman–Crippen MR) is 479 cm³/mol. The predicted octanol–water partition coefficient (Wildman–Crippen LogP) is 16.3. The van der Waals surface area contributed by atoms with Crippen LogP contribution in [-0.4, -0.2) is 158 Å². The molecular weight excluding hydrogens is 1560 g/mol. The van der Waals surface area contributed by atoms with Crippen LogP contribution in [0, 0.1) is 23.2 Å². The summed E-state index contributed by atoms with van der Waals surface area (Å²) in [4.78, 5) is 136. The number of aryl methyl sites for hydroxylation is 1. The van der Waals surface area contributed by atoms with E-state index in [-0.39, 0.29) is 126 Å². The van der Waals surface area contributed by atoms with E-state index in [9.17, 15) is 43.2 Å². The second kappa shape index (κ2) is 42.5. The summed E-state index contributed by atoms with van der Waals surface area (Å²) < 4.78 is 17.9. The average molecular weight is 1700 g/mol. The number of ketones is 2. The van der Waals surface area contributed by atoms with Crippen LogP contribution in [-0.2, 0) is 52.9 Å². The third-order valence-electron chi connectivity index (χ3n) is 23.7. The first-order valence-corrected chi connectivity index (χ1v) is 45.5. The van der Waals surface area contributed by atoms with Crippen molar-refractivity contribution in [3.05, 3.63) is 157 Å². The second-order valence-electron chi connectivity index (χ2n) is 37.6. The quantitative estimate of drug-likeness (QED) is 0.0290. The van der Waals surface area contributed by atoms with Crippen molar-refractivity contribution in [3.63, 3.8) is 0 Å². The Morgan fingerprint density at radius 1 is 0.488 bits per heavy atom. The number of likely N-dealkylation sites (N-methyl/N-ethyl adjacent to an activating group) is 2. The summed E-state index contributed by atoms with van der Waals surface area (Å²) in [6.45, 7) is 32.6. The molecule has 2 aromatic heterocycles. The van der Waals surface area contributed by atoms with Gasteiger partial charge in [0.1, 0.15) is 79.6 Å². The number of carbonyl (C=O) groups is 9. The molecule has 121 heavy (non-hydrogen) atoms.